The fourth-order valence-corrected chi connectivity index (χ4v) is 5.20. The van der Waals surface area contributed by atoms with E-state index in [1.54, 1.807) is 0 Å². The first kappa shape index (κ1) is 23.4. The van der Waals surface area contributed by atoms with Crippen molar-refractivity contribution in [1.29, 1.82) is 0 Å². The van der Waals surface area contributed by atoms with Crippen LogP contribution in [0.4, 0.5) is 10.5 Å². The molecule has 6 nitrogen and oxygen atoms in total. The number of nitrogens with zero attached hydrogens (tertiary/aromatic N) is 3. The van der Waals surface area contributed by atoms with Crippen molar-refractivity contribution < 1.29 is 9.59 Å². The van der Waals surface area contributed by atoms with Gasteiger partial charge in [0, 0.05) is 49.7 Å². The number of anilines is 1. The number of hydrogen-bond acceptors (Lipinski definition) is 4. The third-order valence-electron chi connectivity index (χ3n) is 6.83. The van der Waals surface area contributed by atoms with Crippen LogP contribution in [0.1, 0.15) is 11.1 Å². The SMILES string of the molecule is O=C1NC(Cc2ccccc2)(Cc2ccccc2)C(=O)N1CN1CCN(c2cccc(Cl)c2)CC1. The Morgan fingerprint density at radius 1 is 0.771 bits per heavy atom. The number of halogens is 1. The number of urea groups is 1. The van der Waals surface area contributed by atoms with E-state index >= 15 is 0 Å². The molecule has 3 aromatic rings. The van der Waals surface area contributed by atoms with E-state index in [0.29, 0.717) is 19.5 Å². The number of nitrogens with one attached hydrogen (secondary N) is 1. The molecule has 0 radical (unpaired) electrons. The summed E-state index contributed by atoms with van der Waals surface area (Å²) in [7, 11) is 0. The molecule has 35 heavy (non-hydrogen) atoms. The third-order valence-corrected chi connectivity index (χ3v) is 7.07. The van der Waals surface area contributed by atoms with Gasteiger partial charge in [-0.3, -0.25) is 9.69 Å². The molecule has 0 spiro atoms. The Hall–Kier alpha value is -3.35. The van der Waals surface area contributed by atoms with Crippen LogP contribution in [0.2, 0.25) is 5.02 Å². The molecule has 0 aromatic heterocycles. The van der Waals surface area contributed by atoms with Gasteiger partial charge in [-0.05, 0) is 29.3 Å². The second-order valence-corrected chi connectivity index (χ2v) is 9.73. The number of amides is 3. The van der Waals surface area contributed by atoms with E-state index in [2.05, 4.69) is 21.2 Å². The maximum Gasteiger partial charge on any atom is 0.326 e. The maximum absolute atomic E-state index is 13.8. The summed E-state index contributed by atoms with van der Waals surface area (Å²) in [5.41, 5.74) is 2.14. The Labute approximate surface area is 211 Å². The lowest BCUT2D eigenvalue weighted by Crippen LogP contribution is -2.53. The van der Waals surface area contributed by atoms with Gasteiger partial charge in [0.05, 0.1) is 6.67 Å². The molecule has 2 heterocycles. The quantitative estimate of drug-likeness (QED) is 0.506. The van der Waals surface area contributed by atoms with Crippen LogP contribution in [-0.2, 0) is 17.6 Å². The third kappa shape index (κ3) is 5.19. The molecular weight excluding hydrogens is 460 g/mol. The lowest BCUT2D eigenvalue weighted by molar-refractivity contribution is -0.132. The minimum atomic E-state index is -0.998. The van der Waals surface area contributed by atoms with Crippen LogP contribution < -0.4 is 10.2 Å². The van der Waals surface area contributed by atoms with Gasteiger partial charge in [-0.25, -0.2) is 9.69 Å². The molecule has 7 heteroatoms. The normalized spacial score (nSPS) is 18.1. The van der Waals surface area contributed by atoms with Gasteiger partial charge in [0.25, 0.3) is 5.91 Å². The Kier molecular flexibility index (Phi) is 6.75. The average Bonchev–Trinajstić information content (AvgIpc) is 3.09. The predicted molar refractivity (Wildman–Crippen MR) is 139 cm³/mol. The summed E-state index contributed by atoms with van der Waals surface area (Å²) in [5.74, 6) is -0.160. The number of imide groups is 1. The van der Waals surface area contributed by atoms with Crippen LogP contribution in [0.15, 0.2) is 84.9 Å². The zero-order valence-corrected chi connectivity index (χ0v) is 20.3. The Balaban J connectivity index is 1.30. The smallest absolute Gasteiger partial charge is 0.326 e. The zero-order chi connectivity index (χ0) is 24.3. The highest BCUT2D eigenvalue weighted by atomic mass is 35.5. The molecule has 2 fully saturated rings. The first-order valence-electron chi connectivity index (χ1n) is 12.0. The zero-order valence-electron chi connectivity index (χ0n) is 19.6. The number of piperazine rings is 1. The number of rotatable bonds is 7. The van der Waals surface area contributed by atoms with Crippen molar-refractivity contribution in [3.8, 4) is 0 Å². The number of carbonyl (C=O) groups excluding carboxylic acids is 2. The van der Waals surface area contributed by atoms with Crippen molar-refractivity contribution in [2.75, 3.05) is 37.7 Å². The van der Waals surface area contributed by atoms with E-state index in [-0.39, 0.29) is 11.9 Å². The summed E-state index contributed by atoms with van der Waals surface area (Å²) in [6.07, 6.45) is 0.901. The molecule has 1 N–H and O–H groups in total. The fraction of sp³-hybridized carbons (Fsp3) is 0.286. The van der Waals surface area contributed by atoms with E-state index in [1.807, 2.05) is 78.9 Å². The van der Waals surface area contributed by atoms with Gasteiger partial charge in [0.2, 0.25) is 0 Å². The van der Waals surface area contributed by atoms with E-state index in [9.17, 15) is 9.59 Å². The van der Waals surface area contributed by atoms with Crippen LogP contribution in [0.3, 0.4) is 0 Å². The number of hydrogen-bond donors (Lipinski definition) is 1. The van der Waals surface area contributed by atoms with E-state index < -0.39 is 5.54 Å². The highest BCUT2D eigenvalue weighted by Crippen LogP contribution is 2.28. The first-order valence-corrected chi connectivity index (χ1v) is 12.4. The largest absolute Gasteiger partial charge is 0.369 e. The highest BCUT2D eigenvalue weighted by molar-refractivity contribution is 6.30. The van der Waals surface area contributed by atoms with E-state index in [0.717, 1.165) is 48.0 Å². The maximum atomic E-state index is 13.8. The Morgan fingerprint density at radius 3 is 1.94 bits per heavy atom. The number of carbonyl (C=O) groups is 2. The standard InChI is InChI=1S/C28H29ClN4O2/c29-24-12-7-13-25(18-24)32-16-14-31(15-17-32)21-33-26(34)28(30-27(33)35,19-22-8-3-1-4-9-22)20-23-10-5-2-6-11-23/h1-13,18H,14-17,19-21H2,(H,30,35). The molecular formula is C28H29ClN4O2. The molecule has 0 saturated carbocycles. The second kappa shape index (κ2) is 10.1. The summed E-state index contributed by atoms with van der Waals surface area (Å²) >= 11 is 6.16. The monoisotopic (exact) mass is 488 g/mol. The molecule has 180 valence electrons. The topological polar surface area (TPSA) is 55.9 Å². The van der Waals surface area contributed by atoms with Crippen LogP contribution in [0, 0.1) is 0 Å². The first-order chi connectivity index (χ1) is 17.0. The molecule has 0 aliphatic carbocycles. The second-order valence-electron chi connectivity index (χ2n) is 9.30. The molecule has 2 aliphatic rings. The average molecular weight is 489 g/mol. The lowest BCUT2D eigenvalue weighted by atomic mass is 9.84. The molecule has 2 aliphatic heterocycles. The summed E-state index contributed by atoms with van der Waals surface area (Å²) in [6.45, 7) is 3.42. The Morgan fingerprint density at radius 2 is 1.37 bits per heavy atom. The number of benzene rings is 3. The van der Waals surface area contributed by atoms with Gasteiger partial charge in [-0.2, -0.15) is 0 Å². The molecule has 5 rings (SSSR count). The summed E-state index contributed by atoms with van der Waals surface area (Å²) in [4.78, 5) is 32.8. The van der Waals surface area contributed by atoms with Gasteiger partial charge in [-0.1, -0.05) is 78.3 Å². The molecule has 3 aromatic carbocycles. The molecule has 0 unspecified atom stereocenters. The minimum absolute atomic E-state index is 0.160. The van der Waals surface area contributed by atoms with Crippen molar-refractivity contribution in [3.05, 3.63) is 101 Å². The Bertz CT molecular complexity index is 1140. The lowest BCUT2D eigenvalue weighted by Gasteiger charge is -2.37. The highest BCUT2D eigenvalue weighted by Gasteiger charge is 2.51. The fourth-order valence-electron chi connectivity index (χ4n) is 5.02. The van der Waals surface area contributed by atoms with Crippen LogP contribution in [-0.4, -0.2) is 60.1 Å². The summed E-state index contributed by atoms with van der Waals surface area (Å²) < 4.78 is 0. The van der Waals surface area contributed by atoms with Gasteiger partial charge in [-0.15, -0.1) is 0 Å². The summed E-state index contributed by atoms with van der Waals surface area (Å²) in [6, 6.07) is 27.3. The predicted octanol–water partition coefficient (Wildman–Crippen LogP) is 4.20. The van der Waals surface area contributed by atoms with Crippen LogP contribution in [0.25, 0.3) is 0 Å². The van der Waals surface area contributed by atoms with Crippen LogP contribution in [0.5, 0.6) is 0 Å². The van der Waals surface area contributed by atoms with Crippen LogP contribution >= 0.6 is 11.6 Å². The van der Waals surface area contributed by atoms with Gasteiger partial charge < -0.3 is 10.2 Å². The van der Waals surface area contributed by atoms with Crippen molar-refractivity contribution in [1.82, 2.24) is 15.1 Å². The van der Waals surface area contributed by atoms with Crippen molar-refractivity contribution >= 4 is 29.2 Å². The van der Waals surface area contributed by atoms with Crippen molar-refractivity contribution in [2.45, 2.75) is 18.4 Å². The van der Waals surface area contributed by atoms with Crippen molar-refractivity contribution in [3.63, 3.8) is 0 Å². The van der Waals surface area contributed by atoms with Gasteiger partial charge in [0.1, 0.15) is 5.54 Å². The molecule has 0 atom stereocenters. The molecule has 2 saturated heterocycles. The summed E-state index contributed by atoms with van der Waals surface area (Å²) in [5, 5.41) is 3.80. The van der Waals surface area contributed by atoms with Crippen molar-refractivity contribution in [2.24, 2.45) is 0 Å². The van der Waals surface area contributed by atoms with E-state index in [4.69, 9.17) is 11.6 Å². The van der Waals surface area contributed by atoms with E-state index in [1.165, 1.54) is 4.90 Å². The van der Waals surface area contributed by atoms with Gasteiger partial charge >= 0.3 is 6.03 Å². The molecule has 0 bridgehead atoms. The van der Waals surface area contributed by atoms with Gasteiger partial charge in [0.15, 0.2) is 0 Å². The molecule has 3 amide bonds. The minimum Gasteiger partial charge on any atom is -0.369 e.